The van der Waals surface area contributed by atoms with E-state index in [9.17, 15) is 13.2 Å². The molecule has 4 nitrogen and oxygen atoms in total. The summed E-state index contributed by atoms with van der Waals surface area (Å²) in [6.07, 6.45) is 1.06. The number of benzene rings is 2. The van der Waals surface area contributed by atoms with Crippen LogP contribution < -0.4 is 4.74 Å². The number of sulfone groups is 1. The second kappa shape index (κ2) is 5.64. The molecule has 2 rings (SSSR count). The molecule has 0 unspecified atom stereocenters. The Labute approximate surface area is 121 Å². The first-order valence-corrected chi connectivity index (χ1v) is 7.92. The number of esters is 1. The average Bonchev–Trinajstić information content (AvgIpc) is 2.39. The molecule has 0 aromatic heterocycles. The Balaban J connectivity index is 2.35. The summed E-state index contributed by atoms with van der Waals surface area (Å²) in [6.45, 7) is 0. The van der Waals surface area contributed by atoms with Crippen LogP contribution in [-0.4, -0.2) is 20.6 Å². The lowest BCUT2D eigenvalue weighted by Gasteiger charge is -2.07. The number of hydrogen-bond donors (Lipinski definition) is 0. The fourth-order valence-electron chi connectivity index (χ4n) is 1.54. The predicted molar refractivity (Wildman–Crippen MR) is 76.0 cm³/mol. The summed E-state index contributed by atoms with van der Waals surface area (Å²) in [5, 5.41) is 0.137. The fraction of sp³-hybridized carbons (Fsp3) is 0.0714. The van der Waals surface area contributed by atoms with Crippen molar-refractivity contribution in [3.63, 3.8) is 0 Å². The van der Waals surface area contributed by atoms with E-state index in [0.29, 0.717) is 5.75 Å². The van der Waals surface area contributed by atoms with Crippen molar-refractivity contribution in [3.8, 4) is 5.75 Å². The van der Waals surface area contributed by atoms with Crippen molar-refractivity contribution in [2.24, 2.45) is 0 Å². The van der Waals surface area contributed by atoms with Gasteiger partial charge in [-0.2, -0.15) is 0 Å². The maximum absolute atomic E-state index is 12.0. The number of hydrogen-bond acceptors (Lipinski definition) is 4. The van der Waals surface area contributed by atoms with Gasteiger partial charge in [-0.3, -0.25) is 0 Å². The van der Waals surface area contributed by atoms with E-state index < -0.39 is 15.8 Å². The molecule has 0 N–H and O–H groups in total. The van der Waals surface area contributed by atoms with Crippen molar-refractivity contribution in [2.45, 2.75) is 4.90 Å². The third kappa shape index (κ3) is 3.37. The molecule has 104 valence electrons. The van der Waals surface area contributed by atoms with E-state index in [4.69, 9.17) is 16.3 Å². The Morgan fingerprint density at radius 3 is 2.35 bits per heavy atom. The van der Waals surface area contributed by atoms with E-state index >= 15 is 0 Å². The standard InChI is InChI=1S/C14H11ClO4S/c1-20(17,18)11-7-8-13(15)12(9-11)14(16)19-10-5-3-2-4-6-10/h2-9H,1H3. The van der Waals surface area contributed by atoms with Gasteiger partial charge < -0.3 is 4.74 Å². The van der Waals surface area contributed by atoms with E-state index in [1.165, 1.54) is 18.2 Å². The molecule has 2 aromatic carbocycles. The van der Waals surface area contributed by atoms with E-state index in [2.05, 4.69) is 0 Å². The molecular weight excluding hydrogens is 300 g/mol. The predicted octanol–water partition coefficient (Wildman–Crippen LogP) is 2.96. The molecule has 2 aromatic rings. The molecule has 20 heavy (non-hydrogen) atoms. The summed E-state index contributed by atoms with van der Waals surface area (Å²) >= 11 is 5.91. The SMILES string of the molecule is CS(=O)(=O)c1ccc(Cl)c(C(=O)Oc2ccccc2)c1. The largest absolute Gasteiger partial charge is 0.423 e. The van der Waals surface area contributed by atoms with Crippen LogP contribution >= 0.6 is 11.6 Å². The summed E-state index contributed by atoms with van der Waals surface area (Å²) in [7, 11) is -3.41. The van der Waals surface area contributed by atoms with E-state index in [0.717, 1.165) is 6.26 Å². The molecule has 0 aliphatic rings. The second-order valence-electron chi connectivity index (χ2n) is 4.12. The van der Waals surface area contributed by atoms with Crippen LogP contribution in [0.25, 0.3) is 0 Å². The quantitative estimate of drug-likeness (QED) is 0.646. The zero-order chi connectivity index (χ0) is 14.8. The minimum absolute atomic E-state index is 0.0124. The van der Waals surface area contributed by atoms with Crippen LogP contribution in [0.4, 0.5) is 0 Å². The van der Waals surface area contributed by atoms with Gasteiger partial charge in [-0.15, -0.1) is 0 Å². The highest BCUT2D eigenvalue weighted by atomic mass is 35.5. The van der Waals surface area contributed by atoms with Gasteiger partial charge in [-0.05, 0) is 30.3 Å². The van der Waals surface area contributed by atoms with Gasteiger partial charge in [0, 0.05) is 6.26 Å². The summed E-state index contributed by atoms with van der Waals surface area (Å²) in [4.78, 5) is 12.0. The van der Waals surface area contributed by atoms with Gasteiger partial charge in [0.2, 0.25) is 0 Å². The third-order valence-corrected chi connectivity index (χ3v) is 3.98. The molecule has 6 heteroatoms. The first-order valence-electron chi connectivity index (χ1n) is 5.65. The number of para-hydroxylation sites is 1. The van der Waals surface area contributed by atoms with Gasteiger partial charge in [-0.1, -0.05) is 29.8 Å². The molecular formula is C14H11ClO4S. The van der Waals surface area contributed by atoms with Gasteiger partial charge in [0.1, 0.15) is 5.75 Å². The Hall–Kier alpha value is -1.85. The molecule has 0 atom stereocenters. The van der Waals surface area contributed by atoms with Gasteiger partial charge in [0.15, 0.2) is 9.84 Å². The van der Waals surface area contributed by atoms with Crippen molar-refractivity contribution >= 4 is 27.4 Å². The third-order valence-electron chi connectivity index (χ3n) is 2.54. The van der Waals surface area contributed by atoms with Crippen LogP contribution in [0.3, 0.4) is 0 Å². The molecule has 0 saturated carbocycles. The van der Waals surface area contributed by atoms with Crippen LogP contribution in [0.15, 0.2) is 53.4 Å². The molecule has 0 aliphatic carbocycles. The topological polar surface area (TPSA) is 60.4 Å². The minimum Gasteiger partial charge on any atom is -0.423 e. The number of halogens is 1. The van der Waals surface area contributed by atoms with Crippen molar-refractivity contribution in [1.82, 2.24) is 0 Å². The Kier molecular flexibility index (Phi) is 4.11. The van der Waals surface area contributed by atoms with Crippen LogP contribution in [0.1, 0.15) is 10.4 Å². The Morgan fingerprint density at radius 2 is 1.75 bits per heavy atom. The first-order chi connectivity index (χ1) is 9.38. The molecule has 0 heterocycles. The lowest BCUT2D eigenvalue weighted by atomic mass is 10.2. The molecule has 0 bridgehead atoms. The number of rotatable bonds is 3. The van der Waals surface area contributed by atoms with Crippen LogP contribution in [0, 0.1) is 0 Å². The molecule has 0 aliphatic heterocycles. The maximum Gasteiger partial charge on any atom is 0.345 e. The normalized spacial score (nSPS) is 11.1. The van der Waals surface area contributed by atoms with Gasteiger partial charge in [0.05, 0.1) is 15.5 Å². The van der Waals surface area contributed by atoms with Crippen LogP contribution in [0.5, 0.6) is 5.75 Å². The highest BCUT2D eigenvalue weighted by Crippen LogP contribution is 2.22. The summed E-state index contributed by atoms with van der Waals surface area (Å²) in [6, 6.07) is 12.4. The monoisotopic (exact) mass is 310 g/mol. The summed E-state index contributed by atoms with van der Waals surface area (Å²) in [5.41, 5.74) is 0.0124. The van der Waals surface area contributed by atoms with E-state index in [1.807, 2.05) is 0 Å². The molecule has 0 saturated heterocycles. The van der Waals surface area contributed by atoms with Gasteiger partial charge in [0.25, 0.3) is 0 Å². The van der Waals surface area contributed by atoms with Crippen molar-refractivity contribution in [1.29, 1.82) is 0 Å². The fourth-order valence-corrected chi connectivity index (χ4v) is 2.38. The number of carbonyl (C=O) groups is 1. The second-order valence-corrected chi connectivity index (χ2v) is 6.54. The van der Waals surface area contributed by atoms with Gasteiger partial charge in [-0.25, -0.2) is 13.2 Å². The smallest absolute Gasteiger partial charge is 0.345 e. The van der Waals surface area contributed by atoms with Crippen molar-refractivity contribution in [2.75, 3.05) is 6.26 Å². The zero-order valence-electron chi connectivity index (χ0n) is 10.5. The highest BCUT2D eigenvalue weighted by Gasteiger charge is 2.17. The molecule has 0 amide bonds. The van der Waals surface area contributed by atoms with Crippen molar-refractivity contribution in [3.05, 3.63) is 59.1 Å². The molecule has 0 fully saturated rings. The summed E-state index contributed by atoms with van der Waals surface area (Å²) in [5.74, 6) is -0.343. The lowest BCUT2D eigenvalue weighted by Crippen LogP contribution is -2.10. The molecule has 0 spiro atoms. The van der Waals surface area contributed by atoms with Crippen LogP contribution in [0.2, 0.25) is 5.02 Å². The lowest BCUT2D eigenvalue weighted by molar-refractivity contribution is 0.0734. The van der Waals surface area contributed by atoms with E-state index in [1.54, 1.807) is 30.3 Å². The average molecular weight is 311 g/mol. The number of carbonyl (C=O) groups excluding carboxylic acids is 1. The Morgan fingerprint density at radius 1 is 1.10 bits per heavy atom. The van der Waals surface area contributed by atoms with Crippen molar-refractivity contribution < 1.29 is 17.9 Å². The minimum atomic E-state index is -3.41. The number of ether oxygens (including phenoxy) is 1. The Bertz CT molecular complexity index is 739. The summed E-state index contributed by atoms with van der Waals surface area (Å²) < 4.78 is 28.1. The molecule has 0 radical (unpaired) electrons. The zero-order valence-corrected chi connectivity index (χ0v) is 12.1. The first kappa shape index (κ1) is 14.6. The van der Waals surface area contributed by atoms with Crippen LogP contribution in [-0.2, 0) is 9.84 Å². The van der Waals surface area contributed by atoms with Gasteiger partial charge >= 0.3 is 5.97 Å². The highest BCUT2D eigenvalue weighted by molar-refractivity contribution is 7.90. The maximum atomic E-state index is 12.0. The van der Waals surface area contributed by atoms with E-state index in [-0.39, 0.29) is 15.5 Å².